The molecule has 2 amide bonds. The number of nitrogens with two attached hydrogens (primary N) is 1. The van der Waals surface area contributed by atoms with Crippen LogP contribution in [0.1, 0.15) is 52.5 Å². The van der Waals surface area contributed by atoms with Crippen molar-refractivity contribution in [3.05, 3.63) is 206 Å². The molecule has 1 fully saturated rings. The fourth-order valence-electron chi connectivity index (χ4n) is 7.83. The van der Waals surface area contributed by atoms with E-state index in [-0.39, 0.29) is 26.6 Å². The van der Waals surface area contributed by atoms with Gasteiger partial charge in [-0.2, -0.15) is 0 Å². The lowest BCUT2D eigenvalue weighted by atomic mass is 9.80. The minimum absolute atomic E-state index is 0.0141. The molecule has 2 atom stereocenters. The van der Waals surface area contributed by atoms with Crippen molar-refractivity contribution in [3.8, 4) is 0 Å². The third kappa shape index (κ3) is 8.35. The highest BCUT2D eigenvalue weighted by Gasteiger charge is 2.54. The SMILES string of the molecule is Nc1nc(/C(=N/OC(c2ccccc2)(c2ccccc2)c2ccccc2)C(=O)N[C@@H]2C(=O)N3C(C(=O)OC(c4ccccc4)c4ccccc4)=C(Sc4nncs4)CCC23)c(Cl)s1. The normalized spacial score (nSPS) is 16.3. The molecule has 2 aliphatic rings. The number of amides is 2. The Morgan fingerprint density at radius 3 is 1.87 bits per heavy atom. The van der Waals surface area contributed by atoms with Crippen LogP contribution < -0.4 is 11.1 Å². The molecule has 0 bridgehead atoms. The lowest BCUT2D eigenvalue weighted by Gasteiger charge is -2.50. The van der Waals surface area contributed by atoms with Crippen LogP contribution in [0.25, 0.3) is 0 Å². The predicted octanol–water partition coefficient (Wildman–Crippen LogP) is 8.77. The molecular weight excluding hydrogens is 874 g/mol. The quantitative estimate of drug-likeness (QED) is 0.0355. The lowest BCUT2D eigenvalue weighted by molar-refractivity contribution is -0.158. The number of ether oxygens (including phenoxy) is 1. The zero-order chi connectivity index (χ0) is 43.3. The van der Waals surface area contributed by atoms with Gasteiger partial charge in [0.25, 0.3) is 11.8 Å². The number of nitrogens with zero attached hydrogens (tertiary/aromatic N) is 5. The van der Waals surface area contributed by atoms with Crippen LogP contribution in [-0.4, -0.2) is 55.7 Å². The van der Waals surface area contributed by atoms with Crippen LogP contribution in [0.2, 0.25) is 4.34 Å². The third-order valence-electron chi connectivity index (χ3n) is 10.7. The predicted molar refractivity (Wildman–Crippen MR) is 244 cm³/mol. The minimum Gasteiger partial charge on any atom is -0.448 e. The number of hydrogen-bond donors (Lipinski definition) is 2. The topological polar surface area (TPSA) is 162 Å². The first-order valence-electron chi connectivity index (χ1n) is 19.8. The molecule has 314 valence electrons. The van der Waals surface area contributed by atoms with E-state index in [1.807, 2.05) is 152 Å². The molecular formula is C47H36ClN7O5S3. The van der Waals surface area contributed by atoms with E-state index in [0.29, 0.717) is 22.1 Å². The zero-order valence-corrected chi connectivity index (χ0v) is 36.3. The monoisotopic (exact) mass is 909 g/mol. The number of halogens is 1. The lowest BCUT2D eigenvalue weighted by Crippen LogP contribution is -2.72. The number of benzene rings is 5. The Hall–Kier alpha value is -6.65. The van der Waals surface area contributed by atoms with Crippen molar-refractivity contribution in [2.75, 3.05) is 5.73 Å². The van der Waals surface area contributed by atoms with Gasteiger partial charge in [0.1, 0.15) is 27.3 Å². The van der Waals surface area contributed by atoms with E-state index >= 15 is 0 Å². The first-order chi connectivity index (χ1) is 30.8. The summed E-state index contributed by atoms with van der Waals surface area (Å²) in [5, 5.41) is 15.7. The summed E-state index contributed by atoms with van der Waals surface area (Å²) in [6.07, 6.45) is 0.0432. The number of fused-ring (bicyclic) bond motifs is 1. The van der Waals surface area contributed by atoms with E-state index in [4.69, 9.17) is 26.9 Å². The number of esters is 1. The largest absolute Gasteiger partial charge is 0.448 e. The van der Waals surface area contributed by atoms with Crippen molar-refractivity contribution < 1.29 is 24.0 Å². The molecule has 7 aromatic rings. The molecule has 0 saturated carbocycles. The smallest absolute Gasteiger partial charge is 0.356 e. The summed E-state index contributed by atoms with van der Waals surface area (Å²) < 4.78 is 7.03. The highest BCUT2D eigenvalue weighted by molar-refractivity contribution is 8.04. The maximum atomic E-state index is 14.7. The number of carbonyl (C=O) groups excluding carboxylic acids is 3. The van der Waals surface area contributed by atoms with E-state index in [0.717, 1.165) is 39.2 Å². The van der Waals surface area contributed by atoms with E-state index in [1.165, 1.54) is 28.0 Å². The number of thioether (sulfide) groups is 1. The highest BCUT2D eigenvalue weighted by Crippen LogP contribution is 2.45. The number of allylic oxidation sites excluding steroid dienone is 1. The van der Waals surface area contributed by atoms with Crippen molar-refractivity contribution in [1.82, 2.24) is 25.4 Å². The summed E-state index contributed by atoms with van der Waals surface area (Å²) >= 11 is 10.2. The van der Waals surface area contributed by atoms with Crippen LogP contribution in [0.4, 0.5) is 5.13 Å². The van der Waals surface area contributed by atoms with Crippen molar-refractivity contribution in [1.29, 1.82) is 0 Å². The highest BCUT2D eigenvalue weighted by atomic mass is 35.5. The van der Waals surface area contributed by atoms with Crippen molar-refractivity contribution in [2.45, 2.75) is 41.0 Å². The number of hydrogen-bond acceptors (Lipinski definition) is 13. The van der Waals surface area contributed by atoms with Crippen molar-refractivity contribution in [3.63, 3.8) is 0 Å². The van der Waals surface area contributed by atoms with Crippen LogP contribution in [0.3, 0.4) is 0 Å². The van der Waals surface area contributed by atoms with Gasteiger partial charge in [-0.05, 0) is 24.0 Å². The molecule has 9 rings (SSSR count). The van der Waals surface area contributed by atoms with Crippen LogP contribution in [0.15, 0.2) is 177 Å². The summed E-state index contributed by atoms with van der Waals surface area (Å²) in [7, 11) is 0. The van der Waals surface area contributed by atoms with Gasteiger partial charge in [0.15, 0.2) is 21.3 Å². The van der Waals surface area contributed by atoms with E-state index in [9.17, 15) is 14.4 Å². The molecule has 4 heterocycles. The van der Waals surface area contributed by atoms with Crippen LogP contribution >= 0.6 is 46.0 Å². The average Bonchev–Trinajstić information content (AvgIpc) is 3.97. The molecule has 2 aromatic heterocycles. The van der Waals surface area contributed by atoms with E-state index in [1.54, 1.807) is 5.51 Å². The zero-order valence-electron chi connectivity index (χ0n) is 33.1. The molecule has 0 aliphatic carbocycles. The Morgan fingerprint density at radius 1 is 0.841 bits per heavy atom. The molecule has 1 unspecified atom stereocenters. The Bertz CT molecular complexity index is 2660. The molecule has 63 heavy (non-hydrogen) atoms. The first kappa shape index (κ1) is 41.7. The molecule has 0 spiro atoms. The average molecular weight is 911 g/mol. The van der Waals surface area contributed by atoms with E-state index in [2.05, 4.69) is 25.7 Å². The number of nitrogen functional groups attached to an aromatic ring is 1. The van der Waals surface area contributed by atoms with Crippen LogP contribution in [-0.2, 0) is 29.6 Å². The molecule has 16 heteroatoms. The van der Waals surface area contributed by atoms with Gasteiger partial charge in [-0.3, -0.25) is 14.5 Å². The van der Waals surface area contributed by atoms with Crippen LogP contribution in [0.5, 0.6) is 0 Å². The fourth-order valence-corrected chi connectivity index (χ4v) is 10.5. The number of aromatic nitrogens is 3. The number of nitrogens with one attached hydrogen (secondary N) is 1. The first-order valence-corrected chi connectivity index (χ1v) is 22.7. The molecule has 3 N–H and O–H groups in total. The number of anilines is 1. The summed E-state index contributed by atoms with van der Waals surface area (Å²) in [4.78, 5) is 56.7. The third-order valence-corrected chi connectivity index (χ3v) is 13.7. The maximum absolute atomic E-state index is 14.7. The Balaban J connectivity index is 1.06. The number of rotatable bonds is 14. The second-order valence-electron chi connectivity index (χ2n) is 14.4. The molecule has 1 saturated heterocycles. The van der Waals surface area contributed by atoms with Gasteiger partial charge in [-0.15, -0.1) is 10.2 Å². The van der Waals surface area contributed by atoms with Gasteiger partial charge in [0, 0.05) is 21.6 Å². The van der Waals surface area contributed by atoms with Gasteiger partial charge in [-0.1, -0.05) is 203 Å². The number of thiazole rings is 1. The summed E-state index contributed by atoms with van der Waals surface area (Å²) in [6.45, 7) is 0. The molecule has 0 radical (unpaired) electrons. The molecule has 2 aliphatic heterocycles. The Labute approximate surface area is 379 Å². The number of oxime groups is 1. The second kappa shape index (κ2) is 18.4. The summed E-state index contributed by atoms with van der Waals surface area (Å²) in [6, 6.07) is 45.7. The standard InChI is InChI=1S/C47H36ClN7O5S3/c48-41-37(52-45(49)63-41)38(54-60-47(31-20-10-3-11-21-31,32-22-12-4-13-23-32)33-24-14-5-15-25-33)42(56)51-36-34-26-27-35(62-46-53-50-28-61-46)39(55(34)43(36)57)44(58)59-40(29-16-6-1-7-17-29)30-18-8-2-9-19-30/h1-25,28,34,36,40H,26-27H2,(H2,49,52)(H,51,56)/b54-38-/t34?,36-/m0/s1. The summed E-state index contributed by atoms with van der Waals surface area (Å²) in [5.41, 5.74) is 9.86. The van der Waals surface area contributed by atoms with E-state index < -0.39 is 41.6 Å². The number of β-lactam (4-membered cyclic amide) rings is 1. The van der Waals surface area contributed by atoms with Crippen molar-refractivity contribution in [2.24, 2.45) is 5.16 Å². The van der Waals surface area contributed by atoms with Crippen molar-refractivity contribution >= 4 is 74.7 Å². The van der Waals surface area contributed by atoms with Crippen LogP contribution in [0, 0.1) is 0 Å². The second-order valence-corrected chi connectivity index (χ2v) is 18.2. The summed E-state index contributed by atoms with van der Waals surface area (Å²) in [5.74, 6) is -1.98. The fraction of sp³-hybridized carbons (Fsp3) is 0.128. The van der Waals surface area contributed by atoms with Gasteiger partial charge in [0.2, 0.25) is 5.60 Å². The van der Waals surface area contributed by atoms with Gasteiger partial charge in [0.05, 0.1) is 6.04 Å². The minimum atomic E-state index is -1.35. The Morgan fingerprint density at radius 2 is 1.38 bits per heavy atom. The van der Waals surface area contributed by atoms with Gasteiger partial charge >= 0.3 is 5.97 Å². The van der Waals surface area contributed by atoms with Gasteiger partial charge < -0.3 is 20.6 Å². The number of carbonyl (C=O) groups is 3. The molecule has 5 aromatic carbocycles. The Kier molecular flexibility index (Phi) is 12.2. The van der Waals surface area contributed by atoms with Gasteiger partial charge in [-0.25, -0.2) is 9.78 Å². The maximum Gasteiger partial charge on any atom is 0.356 e. The molecule has 12 nitrogen and oxygen atoms in total.